The van der Waals surface area contributed by atoms with Crippen molar-refractivity contribution in [2.75, 3.05) is 27.4 Å². The van der Waals surface area contributed by atoms with Gasteiger partial charge in [-0.05, 0) is 0 Å². The highest BCUT2D eigenvalue weighted by Gasteiger charge is 2.24. The molecular formula is C8H16O6. The third kappa shape index (κ3) is 4.12. The van der Waals surface area contributed by atoms with Gasteiger partial charge in [0, 0.05) is 14.2 Å². The van der Waals surface area contributed by atoms with E-state index in [9.17, 15) is 4.79 Å². The van der Waals surface area contributed by atoms with Gasteiger partial charge in [0.2, 0.25) is 0 Å². The minimum absolute atomic E-state index is 0.345. The van der Waals surface area contributed by atoms with Gasteiger partial charge in [-0.15, -0.1) is 0 Å². The summed E-state index contributed by atoms with van der Waals surface area (Å²) >= 11 is 0. The van der Waals surface area contributed by atoms with Crippen molar-refractivity contribution in [3.05, 3.63) is 0 Å². The number of hydrogen-bond donors (Lipinski definition) is 2. The van der Waals surface area contributed by atoms with E-state index in [4.69, 9.17) is 24.4 Å². The first-order valence-corrected chi connectivity index (χ1v) is 4.11. The quantitative estimate of drug-likeness (QED) is 0.374. The summed E-state index contributed by atoms with van der Waals surface area (Å²) in [6, 6.07) is 0. The second-order valence-electron chi connectivity index (χ2n) is 2.54. The maximum absolute atomic E-state index is 10.6. The highest BCUT2D eigenvalue weighted by atomic mass is 16.7. The topological polar surface area (TPSA) is 85.2 Å². The third-order valence-electron chi connectivity index (χ3n) is 1.70. The second kappa shape index (κ2) is 7.84. The van der Waals surface area contributed by atoms with Crippen molar-refractivity contribution in [1.82, 2.24) is 0 Å². The van der Waals surface area contributed by atoms with Gasteiger partial charge >= 0.3 is 0 Å². The third-order valence-corrected chi connectivity index (χ3v) is 1.70. The Hall–Kier alpha value is -0.530. The lowest BCUT2D eigenvalue weighted by molar-refractivity contribution is -0.197. The van der Waals surface area contributed by atoms with E-state index in [0.29, 0.717) is 6.29 Å². The van der Waals surface area contributed by atoms with Crippen LogP contribution < -0.4 is 0 Å². The number of carbonyl (C=O) groups is 1. The van der Waals surface area contributed by atoms with Crippen LogP contribution in [0.5, 0.6) is 0 Å². The molecule has 0 aliphatic carbocycles. The molecule has 6 heteroatoms. The SMILES string of the molecule is COC(CO)OC(C=O)C(CO)OC. The molecule has 3 atom stereocenters. The van der Waals surface area contributed by atoms with Gasteiger partial charge in [0.15, 0.2) is 12.6 Å². The van der Waals surface area contributed by atoms with Crippen LogP contribution in [0.25, 0.3) is 0 Å². The summed E-state index contributed by atoms with van der Waals surface area (Å²) in [5.74, 6) is 0. The van der Waals surface area contributed by atoms with Crippen LogP contribution in [0.4, 0.5) is 0 Å². The van der Waals surface area contributed by atoms with Crippen molar-refractivity contribution in [3.63, 3.8) is 0 Å². The minimum Gasteiger partial charge on any atom is -0.394 e. The van der Waals surface area contributed by atoms with Crippen molar-refractivity contribution < 1.29 is 29.2 Å². The van der Waals surface area contributed by atoms with Gasteiger partial charge in [0.05, 0.1) is 13.2 Å². The van der Waals surface area contributed by atoms with Crippen molar-refractivity contribution in [2.45, 2.75) is 18.5 Å². The number of aliphatic hydroxyl groups excluding tert-OH is 2. The zero-order valence-corrected chi connectivity index (χ0v) is 8.25. The summed E-state index contributed by atoms with van der Waals surface area (Å²) in [7, 11) is 2.69. The molecule has 0 saturated heterocycles. The molecule has 0 aromatic rings. The van der Waals surface area contributed by atoms with E-state index >= 15 is 0 Å². The van der Waals surface area contributed by atoms with Gasteiger partial charge in [-0.3, -0.25) is 0 Å². The van der Waals surface area contributed by atoms with Crippen molar-refractivity contribution in [2.24, 2.45) is 0 Å². The van der Waals surface area contributed by atoms with Crippen LogP contribution in [0.15, 0.2) is 0 Å². The van der Waals surface area contributed by atoms with Crippen LogP contribution in [0.2, 0.25) is 0 Å². The number of ether oxygens (including phenoxy) is 3. The molecule has 3 unspecified atom stereocenters. The van der Waals surface area contributed by atoms with E-state index in [1.165, 1.54) is 14.2 Å². The molecule has 0 saturated carbocycles. The molecule has 0 radical (unpaired) electrons. The average Bonchev–Trinajstić information content (AvgIpc) is 2.24. The van der Waals surface area contributed by atoms with Crippen LogP contribution in [0.1, 0.15) is 0 Å². The zero-order chi connectivity index (χ0) is 11.0. The van der Waals surface area contributed by atoms with Crippen LogP contribution in [-0.2, 0) is 19.0 Å². The average molecular weight is 208 g/mol. The molecular weight excluding hydrogens is 192 g/mol. The molecule has 0 heterocycles. The predicted molar refractivity (Wildman–Crippen MR) is 46.7 cm³/mol. The summed E-state index contributed by atoms with van der Waals surface area (Å²) in [6.45, 7) is -0.718. The second-order valence-corrected chi connectivity index (χ2v) is 2.54. The van der Waals surface area contributed by atoms with Crippen molar-refractivity contribution in [3.8, 4) is 0 Å². The van der Waals surface area contributed by atoms with E-state index in [0.717, 1.165) is 0 Å². The summed E-state index contributed by atoms with van der Waals surface area (Å²) in [5.41, 5.74) is 0. The summed E-state index contributed by atoms with van der Waals surface area (Å²) in [4.78, 5) is 10.6. The maximum atomic E-state index is 10.6. The Bertz CT molecular complexity index is 143. The number of aliphatic hydroxyl groups is 2. The van der Waals surface area contributed by atoms with Crippen LogP contribution in [0.3, 0.4) is 0 Å². The molecule has 0 bridgehead atoms. The molecule has 84 valence electrons. The largest absolute Gasteiger partial charge is 0.394 e. The molecule has 0 rings (SSSR count). The van der Waals surface area contributed by atoms with Crippen LogP contribution >= 0.6 is 0 Å². The number of methoxy groups -OCH3 is 2. The lowest BCUT2D eigenvalue weighted by Crippen LogP contribution is -2.39. The fourth-order valence-corrected chi connectivity index (χ4v) is 0.868. The van der Waals surface area contributed by atoms with E-state index in [-0.39, 0.29) is 13.2 Å². The smallest absolute Gasteiger partial charge is 0.181 e. The molecule has 14 heavy (non-hydrogen) atoms. The van der Waals surface area contributed by atoms with Gasteiger partial charge in [-0.2, -0.15) is 0 Å². The molecule has 0 aromatic heterocycles. The van der Waals surface area contributed by atoms with E-state index in [1.54, 1.807) is 0 Å². The first-order valence-electron chi connectivity index (χ1n) is 4.11. The number of carbonyl (C=O) groups excluding carboxylic acids is 1. The molecule has 0 spiro atoms. The normalized spacial score (nSPS) is 17.4. The van der Waals surface area contributed by atoms with Gasteiger partial charge in [-0.1, -0.05) is 0 Å². The molecule has 0 aliphatic rings. The first-order chi connectivity index (χ1) is 6.73. The lowest BCUT2D eigenvalue weighted by Gasteiger charge is -2.23. The first kappa shape index (κ1) is 13.5. The van der Waals surface area contributed by atoms with Crippen LogP contribution in [-0.4, -0.2) is 62.4 Å². The fraction of sp³-hybridized carbons (Fsp3) is 0.875. The summed E-state index contributed by atoms with van der Waals surface area (Å²) in [6.07, 6.45) is -2.11. The maximum Gasteiger partial charge on any atom is 0.181 e. The van der Waals surface area contributed by atoms with Gasteiger partial charge < -0.3 is 29.2 Å². The Labute approximate surface area is 82.4 Å². The number of hydrogen-bond acceptors (Lipinski definition) is 6. The van der Waals surface area contributed by atoms with E-state index in [2.05, 4.69) is 0 Å². The Morgan fingerprint density at radius 3 is 2.14 bits per heavy atom. The van der Waals surface area contributed by atoms with Crippen molar-refractivity contribution in [1.29, 1.82) is 0 Å². The van der Waals surface area contributed by atoms with Crippen LogP contribution in [0, 0.1) is 0 Å². The van der Waals surface area contributed by atoms with Gasteiger partial charge in [0.1, 0.15) is 12.2 Å². The Morgan fingerprint density at radius 2 is 1.86 bits per heavy atom. The standard InChI is InChI=1S/C8H16O6/c1-12-6(3-9)7(4-10)14-8(5-11)13-2/h4,6-9,11H,3,5H2,1-2H3. The molecule has 0 fully saturated rings. The highest BCUT2D eigenvalue weighted by molar-refractivity contribution is 5.57. The monoisotopic (exact) mass is 208 g/mol. The summed E-state index contributed by atoms with van der Waals surface area (Å²) in [5, 5.41) is 17.5. The fourth-order valence-electron chi connectivity index (χ4n) is 0.868. The predicted octanol–water partition coefficient (Wildman–Crippen LogP) is -1.46. The highest BCUT2D eigenvalue weighted by Crippen LogP contribution is 2.04. The molecule has 0 aromatic carbocycles. The lowest BCUT2D eigenvalue weighted by atomic mass is 10.2. The minimum atomic E-state index is -0.956. The number of aldehydes is 1. The molecule has 2 N–H and O–H groups in total. The van der Waals surface area contributed by atoms with Gasteiger partial charge in [0.25, 0.3) is 0 Å². The Morgan fingerprint density at radius 1 is 1.21 bits per heavy atom. The summed E-state index contributed by atoms with van der Waals surface area (Å²) < 4.78 is 14.5. The zero-order valence-electron chi connectivity index (χ0n) is 8.25. The van der Waals surface area contributed by atoms with Gasteiger partial charge in [-0.25, -0.2) is 0 Å². The Kier molecular flexibility index (Phi) is 7.54. The van der Waals surface area contributed by atoms with E-state index in [1.807, 2.05) is 0 Å². The number of rotatable bonds is 8. The van der Waals surface area contributed by atoms with Crippen molar-refractivity contribution >= 4 is 6.29 Å². The molecule has 6 nitrogen and oxygen atoms in total. The van der Waals surface area contributed by atoms with E-state index < -0.39 is 18.5 Å². The Balaban J connectivity index is 4.17. The molecule has 0 amide bonds. The molecule has 0 aliphatic heterocycles.